The zero-order valence-electron chi connectivity index (χ0n) is 8.79. The third-order valence-corrected chi connectivity index (χ3v) is 2.53. The maximum Gasteiger partial charge on any atom is 0.151 e. The number of benzene rings is 1. The standard InChI is InChI=1S/C12H14OSi/c1-14(2,3)9-8-11-6-4-5-7-12(11)10-13/h4-7,10H,1-3H3. The highest BCUT2D eigenvalue weighted by atomic mass is 28.3. The zero-order chi connectivity index (χ0) is 10.6. The van der Waals surface area contributed by atoms with E-state index in [9.17, 15) is 4.79 Å². The molecular weight excluding hydrogens is 188 g/mol. The van der Waals surface area contributed by atoms with Gasteiger partial charge in [-0.1, -0.05) is 43.8 Å². The molecule has 0 unspecified atom stereocenters. The van der Waals surface area contributed by atoms with Crippen LogP contribution in [0.15, 0.2) is 24.3 Å². The summed E-state index contributed by atoms with van der Waals surface area (Å²) >= 11 is 0. The summed E-state index contributed by atoms with van der Waals surface area (Å²) in [5.74, 6) is 3.08. The fraction of sp³-hybridized carbons (Fsp3) is 0.250. The molecule has 0 aliphatic rings. The lowest BCUT2D eigenvalue weighted by molar-refractivity contribution is 0.112. The minimum Gasteiger partial charge on any atom is -0.298 e. The Kier molecular flexibility index (Phi) is 3.26. The summed E-state index contributed by atoms with van der Waals surface area (Å²) in [5.41, 5.74) is 4.76. The fourth-order valence-corrected chi connectivity index (χ4v) is 1.48. The second-order valence-corrected chi connectivity index (χ2v) is 8.96. The monoisotopic (exact) mass is 202 g/mol. The van der Waals surface area contributed by atoms with Gasteiger partial charge in [0.1, 0.15) is 8.07 Å². The molecule has 0 heterocycles. The van der Waals surface area contributed by atoms with Crippen LogP contribution in [0.2, 0.25) is 19.6 Å². The summed E-state index contributed by atoms with van der Waals surface area (Å²) in [6, 6.07) is 7.43. The summed E-state index contributed by atoms with van der Waals surface area (Å²) in [5, 5.41) is 0. The maximum absolute atomic E-state index is 10.7. The molecule has 0 bridgehead atoms. The average Bonchev–Trinajstić information content (AvgIpc) is 2.14. The van der Waals surface area contributed by atoms with Gasteiger partial charge in [0, 0.05) is 11.1 Å². The number of rotatable bonds is 1. The maximum atomic E-state index is 10.7. The Morgan fingerprint density at radius 2 is 1.86 bits per heavy atom. The van der Waals surface area contributed by atoms with Gasteiger partial charge in [-0.3, -0.25) is 4.79 Å². The predicted octanol–water partition coefficient (Wildman–Crippen LogP) is 2.73. The van der Waals surface area contributed by atoms with Crippen LogP contribution in [0.25, 0.3) is 0 Å². The average molecular weight is 202 g/mol. The van der Waals surface area contributed by atoms with E-state index in [-0.39, 0.29) is 0 Å². The highest BCUT2D eigenvalue weighted by Gasteiger charge is 2.07. The minimum atomic E-state index is -1.35. The van der Waals surface area contributed by atoms with Crippen LogP contribution in [0.3, 0.4) is 0 Å². The molecule has 1 aromatic carbocycles. The van der Waals surface area contributed by atoms with Crippen LogP contribution < -0.4 is 0 Å². The van der Waals surface area contributed by atoms with Crippen molar-refractivity contribution in [1.29, 1.82) is 0 Å². The molecule has 1 rings (SSSR count). The third-order valence-electron chi connectivity index (χ3n) is 1.66. The van der Waals surface area contributed by atoms with Crippen molar-refractivity contribution in [3.05, 3.63) is 35.4 Å². The molecule has 72 valence electrons. The second kappa shape index (κ2) is 4.25. The van der Waals surface area contributed by atoms with Crippen LogP contribution in [0.4, 0.5) is 0 Å². The van der Waals surface area contributed by atoms with E-state index in [0.29, 0.717) is 5.56 Å². The molecule has 0 spiro atoms. The Bertz CT molecular complexity index is 391. The molecular formula is C12H14OSi. The van der Waals surface area contributed by atoms with Crippen LogP contribution >= 0.6 is 0 Å². The highest BCUT2D eigenvalue weighted by Crippen LogP contribution is 2.05. The summed E-state index contributed by atoms with van der Waals surface area (Å²) in [4.78, 5) is 10.7. The largest absolute Gasteiger partial charge is 0.298 e. The number of hydrogen-bond acceptors (Lipinski definition) is 1. The minimum absolute atomic E-state index is 0.679. The van der Waals surface area contributed by atoms with Crippen molar-refractivity contribution >= 4 is 14.4 Å². The fourth-order valence-electron chi connectivity index (χ4n) is 0.968. The van der Waals surface area contributed by atoms with Gasteiger partial charge >= 0.3 is 0 Å². The normalized spacial score (nSPS) is 10.2. The number of carbonyl (C=O) groups excluding carboxylic acids is 1. The zero-order valence-corrected chi connectivity index (χ0v) is 9.79. The van der Waals surface area contributed by atoms with Gasteiger partial charge in [-0.25, -0.2) is 0 Å². The van der Waals surface area contributed by atoms with Gasteiger partial charge in [-0.2, -0.15) is 0 Å². The van der Waals surface area contributed by atoms with Gasteiger partial charge in [-0.15, -0.1) is 5.54 Å². The quantitative estimate of drug-likeness (QED) is 0.389. The van der Waals surface area contributed by atoms with E-state index in [0.717, 1.165) is 11.8 Å². The van der Waals surface area contributed by atoms with E-state index in [1.54, 1.807) is 6.07 Å². The SMILES string of the molecule is C[Si](C)(C)C#Cc1ccccc1C=O. The number of hydrogen-bond donors (Lipinski definition) is 0. The molecule has 0 saturated carbocycles. The smallest absolute Gasteiger partial charge is 0.151 e. The van der Waals surface area contributed by atoms with Gasteiger partial charge in [0.05, 0.1) is 0 Å². The molecule has 0 saturated heterocycles. The number of carbonyl (C=O) groups is 1. The summed E-state index contributed by atoms with van der Waals surface area (Å²) in [7, 11) is -1.35. The van der Waals surface area contributed by atoms with Gasteiger partial charge in [-0.05, 0) is 6.07 Å². The van der Waals surface area contributed by atoms with Crippen molar-refractivity contribution in [2.24, 2.45) is 0 Å². The van der Waals surface area contributed by atoms with Crippen LogP contribution in [0.1, 0.15) is 15.9 Å². The first kappa shape index (κ1) is 10.7. The van der Waals surface area contributed by atoms with E-state index in [2.05, 4.69) is 31.1 Å². The van der Waals surface area contributed by atoms with Crippen molar-refractivity contribution in [3.63, 3.8) is 0 Å². The topological polar surface area (TPSA) is 17.1 Å². The van der Waals surface area contributed by atoms with Crippen LogP contribution in [0.5, 0.6) is 0 Å². The van der Waals surface area contributed by atoms with Crippen LogP contribution in [-0.2, 0) is 0 Å². The molecule has 0 atom stereocenters. The van der Waals surface area contributed by atoms with Gasteiger partial charge in [0.2, 0.25) is 0 Å². The third kappa shape index (κ3) is 3.19. The highest BCUT2D eigenvalue weighted by molar-refractivity contribution is 6.83. The molecule has 1 nitrogen and oxygen atoms in total. The Hall–Kier alpha value is -1.33. The van der Waals surface area contributed by atoms with Crippen LogP contribution in [-0.4, -0.2) is 14.4 Å². The van der Waals surface area contributed by atoms with E-state index in [1.165, 1.54) is 0 Å². The second-order valence-electron chi connectivity index (χ2n) is 4.21. The van der Waals surface area contributed by atoms with E-state index in [4.69, 9.17) is 0 Å². The molecule has 1 aromatic rings. The molecule has 0 N–H and O–H groups in total. The Balaban J connectivity index is 3.06. The van der Waals surface area contributed by atoms with Gasteiger partial charge < -0.3 is 0 Å². The predicted molar refractivity (Wildman–Crippen MR) is 62.1 cm³/mol. The van der Waals surface area contributed by atoms with Crippen molar-refractivity contribution in [3.8, 4) is 11.5 Å². The molecule has 2 heteroatoms. The molecule has 0 fully saturated rings. The van der Waals surface area contributed by atoms with Gasteiger partial charge in [0.15, 0.2) is 6.29 Å². The summed E-state index contributed by atoms with van der Waals surface area (Å²) < 4.78 is 0. The Morgan fingerprint density at radius 1 is 1.21 bits per heavy atom. The molecule has 0 aliphatic carbocycles. The lowest BCUT2D eigenvalue weighted by Gasteiger charge is -2.03. The Labute approximate surface area is 86.2 Å². The molecule has 0 aromatic heterocycles. The van der Waals surface area contributed by atoms with Crippen molar-refractivity contribution in [2.45, 2.75) is 19.6 Å². The summed E-state index contributed by atoms with van der Waals surface area (Å²) in [6.45, 7) is 6.55. The molecule has 0 radical (unpaired) electrons. The first-order valence-electron chi connectivity index (χ1n) is 4.60. The van der Waals surface area contributed by atoms with Crippen molar-refractivity contribution in [2.75, 3.05) is 0 Å². The van der Waals surface area contributed by atoms with E-state index >= 15 is 0 Å². The van der Waals surface area contributed by atoms with Crippen molar-refractivity contribution < 1.29 is 4.79 Å². The first-order valence-corrected chi connectivity index (χ1v) is 8.10. The van der Waals surface area contributed by atoms with Crippen molar-refractivity contribution in [1.82, 2.24) is 0 Å². The van der Waals surface area contributed by atoms with E-state index < -0.39 is 8.07 Å². The number of aldehydes is 1. The lowest BCUT2D eigenvalue weighted by atomic mass is 10.1. The van der Waals surface area contributed by atoms with Crippen LogP contribution in [0, 0.1) is 11.5 Å². The lowest BCUT2D eigenvalue weighted by Crippen LogP contribution is -2.16. The molecule has 0 amide bonds. The Morgan fingerprint density at radius 3 is 2.43 bits per heavy atom. The first-order chi connectivity index (χ1) is 6.53. The van der Waals surface area contributed by atoms with E-state index in [1.807, 2.05) is 18.2 Å². The van der Waals surface area contributed by atoms with Gasteiger partial charge in [0.25, 0.3) is 0 Å². The molecule has 0 aliphatic heterocycles. The molecule has 14 heavy (non-hydrogen) atoms. The summed E-state index contributed by atoms with van der Waals surface area (Å²) in [6.07, 6.45) is 0.855.